The lowest BCUT2D eigenvalue weighted by molar-refractivity contribution is 0.0689. The number of hydrogen-bond acceptors (Lipinski definition) is 2. The molecular weight excluding hydrogens is 296 g/mol. The van der Waals surface area contributed by atoms with Gasteiger partial charge < -0.3 is 10.2 Å². The van der Waals surface area contributed by atoms with Gasteiger partial charge >= 0.3 is 0 Å². The first-order chi connectivity index (χ1) is 10.3. The number of benzene rings is 1. The first kappa shape index (κ1) is 15.8. The van der Waals surface area contributed by atoms with Crippen LogP contribution < -0.4 is 5.32 Å². The summed E-state index contributed by atoms with van der Waals surface area (Å²) in [7, 11) is 0. The number of likely N-dealkylation sites (tertiary alicyclic amines) is 1. The van der Waals surface area contributed by atoms with Crippen LogP contribution in [-0.4, -0.2) is 23.4 Å². The Morgan fingerprint density at radius 1 is 1.05 bits per heavy atom. The van der Waals surface area contributed by atoms with Gasteiger partial charge in [-0.3, -0.25) is 4.79 Å². The lowest BCUT2D eigenvalue weighted by Gasteiger charge is -2.29. The summed E-state index contributed by atoms with van der Waals surface area (Å²) in [6.07, 6.45) is 7.74. The van der Waals surface area contributed by atoms with E-state index >= 15 is 0 Å². The average Bonchev–Trinajstić information content (AvgIpc) is 3.24. The van der Waals surface area contributed by atoms with E-state index in [0.717, 1.165) is 31.1 Å². The number of halogens is 1. The first-order valence-corrected chi connectivity index (χ1v) is 8.46. The standard InChI is InChI=1S/C18H24N2O.ClH/c21-18(14-7-8-15-11-19-12-16(15)10-14)20-9-3-6-17(20)13-4-1-2-5-13;/h7-8,10,13,17,19H,1-6,9,11-12H2;1H. The van der Waals surface area contributed by atoms with E-state index in [1.54, 1.807) is 0 Å². The Balaban J connectivity index is 0.00000144. The van der Waals surface area contributed by atoms with Crippen molar-refractivity contribution in [1.82, 2.24) is 10.2 Å². The van der Waals surface area contributed by atoms with Crippen molar-refractivity contribution in [3.05, 3.63) is 34.9 Å². The summed E-state index contributed by atoms with van der Waals surface area (Å²) in [4.78, 5) is 15.1. The molecule has 4 rings (SSSR count). The molecule has 2 heterocycles. The molecule has 3 aliphatic rings. The second kappa shape index (κ2) is 6.59. The summed E-state index contributed by atoms with van der Waals surface area (Å²) in [6.45, 7) is 2.80. The highest BCUT2D eigenvalue weighted by Gasteiger charge is 2.36. The monoisotopic (exact) mass is 320 g/mol. The normalized spacial score (nSPS) is 24.4. The molecule has 3 nitrogen and oxygen atoms in total. The van der Waals surface area contributed by atoms with Gasteiger partial charge in [0, 0.05) is 31.2 Å². The number of carbonyl (C=O) groups is 1. The summed E-state index contributed by atoms with van der Waals surface area (Å²) in [5.74, 6) is 1.02. The van der Waals surface area contributed by atoms with Crippen LogP contribution in [0.4, 0.5) is 0 Å². The van der Waals surface area contributed by atoms with Crippen molar-refractivity contribution >= 4 is 18.3 Å². The van der Waals surface area contributed by atoms with Crippen LogP contribution in [0.5, 0.6) is 0 Å². The van der Waals surface area contributed by atoms with E-state index in [1.165, 1.54) is 49.7 Å². The second-order valence-corrected chi connectivity index (χ2v) is 6.84. The van der Waals surface area contributed by atoms with Crippen LogP contribution in [-0.2, 0) is 13.1 Å². The molecule has 2 aliphatic heterocycles. The van der Waals surface area contributed by atoms with Gasteiger partial charge in [0.1, 0.15) is 0 Å². The number of amides is 1. The number of hydrogen-bond donors (Lipinski definition) is 1. The fraction of sp³-hybridized carbons (Fsp3) is 0.611. The van der Waals surface area contributed by atoms with Gasteiger partial charge in [-0.1, -0.05) is 18.9 Å². The molecule has 1 amide bonds. The highest BCUT2D eigenvalue weighted by Crippen LogP contribution is 2.36. The minimum absolute atomic E-state index is 0. The van der Waals surface area contributed by atoms with Crippen LogP contribution >= 0.6 is 12.4 Å². The number of nitrogens with zero attached hydrogens (tertiary/aromatic N) is 1. The van der Waals surface area contributed by atoms with Crippen LogP contribution in [0, 0.1) is 5.92 Å². The molecule has 1 aromatic rings. The number of fused-ring (bicyclic) bond motifs is 1. The Kier molecular flexibility index (Phi) is 4.74. The third-order valence-electron chi connectivity index (χ3n) is 5.59. The van der Waals surface area contributed by atoms with Gasteiger partial charge in [-0.25, -0.2) is 0 Å². The zero-order valence-electron chi connectivity index (χ0n) is 13.0. The number of rotatable bonds is 2. The maximum Gasteiger partial charge on any atom is 0.254 e. The maximum absolute atomic E-state index is 12.9. The first-order valence-electron chi connectivity index (χ1n) is 8.46. The SMILES string of the molecule is Cl.O=C(c1ccc2c(c1)CNC2)N1CCCC1C1CCCC1. The van der Waals surface area contributed by atoms with Gasteiger partial charge in [0.15, 0.2) is 0 Å². The second-order valence-electron chi connectivity index (χ2n) is 6.84. The summed E-state index contributed by atoms with van der Waals surface area (Å²) in [5, 5.41) is 3.35. The van der Waals surface area contributed by atoms with Crippen LogP contribution in [0.2, 0.25) is 0 Å². The van der Waals surface area contributed by atoms with Crippen LogP contribution in [0.3, 0.4) is 0 Å². The van der Waals surface area contributed by atoms with Gasteiger partial charge in [0.2, 0.25) is 0 Å². The molecule has 4 heteroatoms. The van der Waals surface area contributed by atoms with Gasteiger partial charge in [-0.2, -0.15) is 0 Å². The quantitative estimate of drug-likeness (QED) is 0.904. The van der Waals surface area contributed by atoms with E-state index < -0.39 is 0 Å². The molecule has 22 heavy (non-hydrogen) atoms. The molecule has 1 saturated heterocycles. The minimum atomic E-state index is 0. The Bertz CT molecular complexity index is 554. The predicted molar refractivity (Wildman–Crippen MR) is 90.3 cm³/mol. The largest absolute Gasteiger partial charge is 0.335 e. The fourth-order valence-electron chi connectivity index (χ4n) is 4.47. The van der Waals surface area contributed by atoms with Crippen molar-refractivity contribution in [2.24, 2.45) is 5.92 Å². The van der Waals surface area contributed by atoms with Crippen LogP contribution in [0.15, 0.2) is 18.2 Å². The lowest BCUT2D eigenvalue weighted by Crippen LogP contribution is -2.39. The highest BCUT2D eigenvalue weighted by molar-refractivity contribution is 5.95. The van der Waals surface area contributed by atoms with Gasteiger partial charge in [0.05, 0.1) is 0 Å². The minimum Gasteiger partial charge on any atom is -0.335 e. The predicted octanol–water partition coefficient (Wildman–Crippen LogP) is 3.51. The molecule has 1 N–H and O–H groups in total. The number of nitrogens with one attached hydrogen (secondary N) is 1. The Morgan fingerprint density at radius 2 is 1.82 bits per heavy atom. The van der Waals surface area contributed by atoms with E-state index in [-0.39, 0.29) is 18.3 Å². The third-order valence-corrected chi connectivity index (χ3v) is 5.59. The van der Waals surface area contributed by atoms with E-state index in [4.69, 9.17) is 0 Å². The zero-order valence-corrected chi connectivity index (χ0v) is 13.8. The molecule has 0 radical (unpaired) electrons. The third kappa shape index (κ3) is 2.77. The fourth-order valence-corrected chi connectivity index (χ4v) is 4.47. The summed E-state index contributed by atoms with van der Waals surface area (Å²) in [6, 6.07) is 6.77. The van der Waals surface area contributed by atoms with E-state index in [1.807, 2.05) is 6.07 Å². The summed E-state index contributed by atoms with van der Waals surface area (Å²) < 4.78 is 0. The topological polar surface area (TPSA) is 32.3 Å². The van der Waals surface area contributed by atoms with Crippen LogP contribution in [0.1, 0.15) is 60.0 Å². The van der Waals surface area contributed by atoms with Crippen molar-refractivity contribution in [1.29, 1.82) is 0 Å². The Hall–Kier alpha value is -1.06. The molecule has 1 aliphatic carbocycles. The molecule has 1 aromatic carbocycles. The molecule has 0 aromatic heterocycles. The lowest BCUT2D eigenvalue weighted by atomic mass is 9.95. The maximum atomic E-state index is 12.9. The molecular formula is C18H25ClN2O. The van der Waals surface area contributed by atoms with Crippen molar-refractivity contribution in [3.8, 4) is 0 Å². The van der Waals surface area contributed by atoms with Crippen molar-refractivity contribution in [2.75, 3.05) is 6.54 Å². The van der Waals surface area contributed by atoms with Crippen molar-refractivity contribution < 1.29 is 4.79 Å². The molecule has 120 valence electrons. The molecule has 1 atom stereocenters. The smallest absolute Gasteiger partial charge is 0.254 e. The highest BCUT2D eigenvalue weighted by atomic mass is 35.5. The summed E-state index contributed by atoms with van der Waals surface area (Å²) >= 11 is 0. The molecule has 1 unspecified atom stereocenters. The molecule has 1 saturated carbocycles. The summed E-state index contributed by atoms with van der Waals surface area (Å²) in [5.41, 5.74) is 3.54. The van der Waals surface area contributed by atoms with E-state index in [2.05, 4.69) is 22.3 Å². The van der Waals surface area contributed by atoms with Gasteiger partial charge in [0.25, 0.3) is 5.91 Å². The molecule has 0 spiro atoms. The number of carbonyl (C=O) groups excluding carboxylic acids is 1. The molecule has 0 bridgehead atoms. The van der Waals surface area contributed by atoms with Crippen LogP contribution in [0.25, 0.3) is 0 Å². The van der Waals surface area contributed by atoms with E-state index in [0.29, 0.717) is 6.04 Å². The van der Waals surface area contributed by atoms with Gasteiger partial charge in [-0.05, 0) is 54.9 Å². The Morgan fingerprint density at radius 3 is 2.64 bits per heavy atom. The Labute approximate surface area is 138 Å². The van der Waals surface area contributed by atoms with Crippen molar-refractivity contribution in [3.63, 3.8) is 0 Å². The zero-order chi connectivity index (χ0) is 14.2. The van der Waals surface area contributed by atoms with E-state index in [9.17, 15) is 4.79 Å². The average molecular weight is 321 g/mol. The van der Waals surface area contributed by atoms with Crippen molar-refractivity contribution in [2.45, 2.75) is 57.7 Å². The van der Waals surface area contributed by atoms with Gasteiger partial charge in [-0.15, -0.1) is 12.4 Å². The molecule has 2 fully saturated rings.